The Bertz CT molecular complexity index is 1000. The number of aliphatic hydroxyl groups excluding tert-OH is 1. The minimum atomic E-state index is -3.96. The maximum Gasteiger partial charge on any atom is 0.244 e. The number of aliphatic hydroxyl groups is 1. The fraction of sp³-hybridized carbons (Fsp3) is 0.391. The van der Waals surface area contributed by atoms with Gasteiger partial charge in [0.25, 0.3) is 0 Å². The largest absolute Gasteiger partial charge is 0.395 e. The Morgan fingerprint density at radius 3 is 2.37 bits per heavy atom. The van der Waals surface area contributed by atoms with Crippen molar-refractivity contribution >= 4 is 39.3 Å². The van der Waals surface area contributed by atoms with Gasteiger partial charge in [-0.05, 0) is 66.1 Å². The van der Waals surface area contributed by atoms with Gasteiger partial charge in [0.1, 0.15) is 5.50 Å². The Labute approximate surface area is 189 Å². The molecular weight excluding hydrogens is 441 g/mol. The Morgan fingerprint density at radius 2 is 1.73 bits per heavy atom. The van der Waals surface area contributed by atoms with Crippen LogP contribution in [-0.2, 0) is 16.4 Å². The van der Waals surface area contributed by atoms with E-state index in [-0.39, 0.29) is 17.4 Å². The van der Waals surface area contributed by atoms with Crippen LogP contribution in [0.25, 0.3) is 6.08 Å². The topological polar surface area (TPSA) is 57.6 Å². The van der Waals surface area contributed by atoms with Crippen molar-refractivity contribution < 1.29 is 13.5 Å². The first-order chi connectivity index (χ1) is 14.2. The second-order valence-electron chi connectivity index (χ2n) is 8.01. The summed E-state index contributed by atoms with van der Waals surface area (Å²) in [5, 5.41) is 10.6. The van der Waals surface area contributed by atoms with Crippen LogP contribution < -0.4 is 0 Å². The average molecular weight is 468 g/mol. The fourth-order valence-electron chi connectivity index (χ4n) is 3.84. The lowest BCUT2D eigenvalue weighted by Crippen LogP contribution is -2.48. The Kier molecular flexibility index (Phi) is 7.64. The highest BCUT2D eigenvalue weighted by atomic mass is 35.5. The second kappa shape index (κ2) is 9.84. The number of fused-ring (bicyclic) bond motifs is 1. The second-order valence-corrected chi connectivity index (χ2v) is 10.7. The van der Waals surface area contributed by atoms with E-state index in [2.05, 4.69) is 6.07 Å². The highest BCUT2D eigenvalue weighted by Crippen LogP contribution is 2.34. The van der Waals surface area contributed by atoms with Gasteiger partial charge < -0.3 is 5.11 Å². The predicted molar refractivity (Wildman–Crippen MR) is 123 cm³/mol. The van der Waals surface area contributed by atoms with Crippen molar-refractivity contribution in [1.29, 1.82) is 0 Å². The highest BCUT2D eigenvalue weighted by molar-refractivity contribution is 7.89. The summed E-state index contributed by atoms with van der Waals surface area (Å²) in [6.45, 7) is 3.68. The quantitative estimate of drug-likeness (QED) is 0.421. The molecule has 0 aliphatic heterocycles. The minimum Gasteiger partial charge on any atom is -0.395 e. The molecule has 1 aliphatic rings. The molecule has 2 aromatic rings. The van der Waals surface area contributed by atoms with Crippen molar-refractivity contribution in [3.8, 4) is 0 Å². The number of hydrogen-bond acceptors (Lipinski definition) is 3. The van der Waals surface area contributed by atoms with Crippen molar-refractivity contribution in [2.45, 2.75) is 49.5 Å². The normalized spacial score (nSPS) is 16.3. The minimum absolute atomic E-state index is 0.108. The molecule has 1 aliphatic carbocycles. The Morgan fingerprint density at radius 1 is 1.07 bits per heavy atom. The zero-order chi connectivity index (χ0) is 21.9. The Hall–Kier alpha value is -1.37. The fourth-order valence-corrected chi connectivity index (χ4v) is 6.26. The maximum absolute atomic E-state index is 13.6. The number of aryl methyl sites for hydroxylation is 1. The summed E-state index contributed by atoms with van der Waals surface area (Å²) in [6.07, 6.45) is 3.94. The third-order valence-electron chi connectivity index (χ3n) is 5.31. The van der Waals surface area contributed by atoms with Crippen LogP contribution in [0.3, 0.4) is 0 Å². The van der Waals surface area contributed by atoms with Gasteiger partial charge in [0.15, 0.2) is 0 Å². The van der Waals surface area contributed by atoms with E-state index in [1.165, 1.54) is 22.0 Å². The third-order valence-corrected chi connectivity index (χ3v) is 8.10. The van der Waals surface area contributed by atoms with Crippen molar-refractivity contribution in [3.63, 3.8) is 0 Å². The maximum atomic E-state index is 13.6. The number of rotatable bonds is 8. The van der Waals surface area contributed by atoms with Crippen LogP contribution in [0.1, 0.15) is 37.8 Å². The molecule has 0 radical (unpaired) electrons. The van der Waals surface area contributed by atoms with Gasteiger partial charge in [-0.15, -0.1) is 0 Å². The summed E-state index contributed by atoms with van der Waals surface area (Å²) >= 11 is 12.8. The van der Waals surface area contributed by atoms with E-state index in [1.54, 1.807) is 12.1 Å². The third kappa shape index (κ3) is 5.09. The standard InChI is InChI=1S/C23H27Cl2NO3S/c1-16(2)13-21(15-27)26(30(28,29)22-11-9-20(24)10-12-22)23(25)19-8-7-17-5-3-4-6-18(17)14-19/h3-6,9-12,14,16,21,23,27H,7-8,13,15H2,1-2H3/t21-,23?/m1/s1. The predicted octanol–water partition coefficient (Wildman–Crippen LogP) is 5.33. The molecule has 162 valence electrons. The van der Waals surface area contributed by atoms with Gasteiger partial charge >= 0.3 is 0 Å². The van der Waals surface area contributed by atoms with Gasteiger partial charge in [0.2, 0.25) is 10.0 Å². The molecule has 1 unspecified atom stereocenters. The lowest BCUT2D eigenvalue weighted by Gasteiger charge is -2.36. The molecule has 0 amide bonds. The number of hydrogen-bond donors (Lipinski definition) is 1. The molecule has 0 bridgehead atoms. The van der Waals surface area contributed by atoms with Crippen LogP contribution in [0, 0.1) is 5.92 Å². The molecule has 0 aromatic heterocycles. The van der Waals surface area contributed by atoms with E-state index < -0.39 is 21.6 Å². The summed E-state index contributed by atoms with van der Waals surface area (Å²) in [5.41, 5.74) is 2.21. The van der Waals surface area contributed by atoms with Crippen LogP contribution >= 0.6 is 23.2 Å². The summed E-state index contributed by atoms with van der Waals surface area (Å²) < 4.78 is 28.5. The molecule has 7 heteroatoms. The average Bonchev–Trinajstić information content (AvgIpc) is 2.72. The number of alkyl halides is 1. The first kappa shape index (κ1) is 23.3. The molecule has 2 aromatic carbocycles. The van der Waals surface area contributed by atoms with E-state index in [0.717, 1.165) is 17.6 Å². The van der Waals surface area contributed by atoms with Gasteiger partial charge in [-0.25, -0.2) is 8.42 Å². The lowest BCUT2D eigenvalue weighted by molar-refractivity contribution is 0.166. The van der Waals surface area contributed by atoms with E-state index in [9.17, 15) is 13.5 Å². The zero-order valence-corrected chi connectivity index (χ0v) is 19.5. The molecule has 0 spiro atoms. The molecule has 0 saturated carbocycles. The van der Waals surface area contributed by atoms with Crippen LogP contribution in [-0.4, -0.2) is 36.0 Å². The summed E-state index contributed by atoms with van der Waals surface area (Å²) in [7, 11) is -3.96. The van der Waals surface area contributed by atoms with Crippen LogP contribution in [0.15, 0.2) is 59.0 Å². The number of benzene rings is 2. The molecule has 0 saturated heterocycles. The van der Waals surface area contributed by atoms with Crippen molar-refractivity contribution in [3.05, 3.63) is 70.3 Å². The SMILES string of the molecule is CC(C)C[C@H](CO)N(C(Cl)C1=Cc2ccccc2CC1)S(=O)(=O)c1ccc(Cl)cc1. The van der Waals surface area contributed by atoms with E-state index >= 15 is 0 Å². The lowest BCUT2D eigenvalue weighted by atomic mass is 9.92. The van der Waals surface area contributed by atoms with Gasteiger partial charge in [-0.1, -0.05) is 67.4 Å². The zero-order valence-electron chi connectivity index (χ0n) is 17.1. The van der Waals surface area contributed by atoms with Crippen molar-refractivity contribution in [2.75, 3.05) is 6.61 Å². The van der Waals surface area contributed by atoms with Crippen molar-refractivity contribution in [1.82, 2.24) is 4.31 Å². The first-order valence-electron chi connectivity index (χ1n) is 10.1. The van der Waals surface area contributed by atoms with Crippen LogP contribution in [0.2, 0.25) is 5.02 Å². The van der Waals surface area contributed by atoms with E-state index in [0.29, 0.717) is 17.9 Å². The van der Waals surface area contributed by atoms with Gasteiger partial charge in [0, 0.05) is 5.02 Å². The highest BCUT2D eigenvalue weighted by Gasteiger charge is 2.38. The number of halogens is 2. The first-order valence-corrected chi connectivity index (χ1v) is 12.3. The summed E-state index contributed by atoms with van der Waals surface area (Å²) in [5.74, 6) is 0.190. The van der Waals surface area contributed by atoms with E-state index in [4.69, 9.17) is 23.2 Å². The molecule has 2 atom stereocenters. The van der Waals surface area contributed by atoms with Crippen LogP contribution in [0.4, 0.5) is 0 Å². The molecule has 4 nitrogen and oxygen atoms in total. The molecule has 0 fully saturated rings. The van der Waals surface area contributed by atoms with Crippen molar-refractivity contribution in [2.24, 2.45) is 5.92 Å². The monoisotopic (exact) mass is 467 g/mol. The number of nitrogens with zero attached hydrogens (tertiary/aromatic N) is 1. The van der Waals surface area contributed by atoms with E-state index in [1.807, 2.05) is 38.1 Å². The van der Waals surface area contributed by atoms with Gasteiger partial charge in [0.05, 0.1) is 17.5 Å². The van der Waals surface area contributed by atoms with Gasteiger partial charge in [-0.2, -0.15) is 4.31 Å². The van der Waals surface area contributed by atoms with Crippen LogP contribution in [0.5, 0.6) is 0 Å². The molecule has 1 N–H and O–H groups in total. The summed E-state index contributed by atoms with van der Waals surface area (Å²) in [6, 6.07) is 13.4. The Balaban J connectivity index is 2.05. The smallest absolute Gasteiger partial charge is 0.244 e. The molecule has 0 heterocycles. The molecule has 30 heavy (non-hydrogen) atoms. The summed E-state index contributed by atoms with van der Waals surface area (Å²) in [4.78, 5) is 0.108. The molecular formula is C23H27Cl2NO3S. The molecule has 3 rings (SSSR count). The van der Waals surface area contributed by atoms with Gasteiger partial charge in [-0.3, -0.25) is 0 Å². The number of sulfonamides is 1.